The van der Waals surface area contributed by atoms with Crippen molar-refractivity contribution < 1.29 is 24.2 Å². The maximum absolute atomic E-state index is 13.0. The number of carbonyl (C=O) groups excluding carboxylic acids is 2. The van der Waals surface area contributed by atoms with Crippen LogP contribution in [0.3, 0.4) is 0 Å². The van der Waals surface area contributed by atoms with Crippen molar-refractivity contribution in [3.8, 4) is 5.75 Å². The van der Waals surface area contributed by atoms with Gasteiger partial charge in [-0.25, -0.2) is 4.79 Å². The Morgan fingerprint density at radius 2 is 1.77 bits per heavy atom. The summed E-state index contributed by atoms with van der Waals surface area (Å²) in [5.41, 5.74) is 2.02. The van der Waals surface area contributed by atoms with Gasteiger partial charge in [-0.15, -0.1) is 0 Å². The van der Waals surface area contributed by atoms with Crippen LogP contribution in [-0.2, 0) is 23.2 Å². The van der Waals surface area contributed by atoms with E-state index in [4.69, 9.17) is 9.47 Å². The van der Waals surface area contributed by atoms with E-state index in [0.717, 1.165) is 22.4 Å². The van der Waals surface area contributed by atoms with Gasteiger partial charge in [-0.2, -0.15) is 0 Å². The fourth-order valence-corrected chi connectivity index (χ4v) is 4.73. The van der Waals surface area contributed by atoms with Crippen LogP contribution in [0.25, 0.3) is 0 Å². The zero-order valence-electron chi connectivity index (χ0n) is 20.3. The standard InChI is InChI=1S/C29H31NO5/c1-28(2,23-7-5-4-6-8-23)18-29(33,16-20-9-13-24(34-3)14-10-20)19-30-26(31)21-11-12-22-17-35-27(32)25(22)15-21/h4-15,33H,16-19H2,1-3H3,(H,30,31). The summed E-state index contributed by atoms with van der Waals surface area (Å²) in [5.74, 6) is -0.0289. The molecule has 0 aromatic heterocycles. The molecule has 2 N–H and O–H groups in total. The van der Waals surface area contributed by atoms with Crippen molar-refractivity contribution in [3.63, 3.8) is 0 Å². The quantitative estimate of drug-likeness (QED) is 0.449. The number of methoxy groups -OCH3 is 1. The van der Waals surface area contributed by atoms with Crippen LogP contribution in [0.1, 0.15) is 57.7 Å². The van der Waals surface area contributed by atoms with Crippen LogP contribution in [0.5, 0.6) is 5.75 Å². The second-order valence-corrected chi connectivity index (χ2v) is 9.81. The lowest BCUT2D eigenvalue weighted by Crippen LogP contribution is -2.48. The SMILES string of the molecule is COc1ccc(CC(O)(CNC(=O)c2ccc3c(c2)C(=O)OC3)CC(C)(C)c2ccccc2)cc1. The van der Waals surface area contributed by atoms with Crippen molar-refractivity contribution in [1.29, 1.82) is 0 Å². The van der Waals surface area contributed by atoms with E-state index in [2.05, 4.69) is 31.3 Å². The molecule has 1 unspecified atom stereocenters. The largest absolute Gasteiger partial charge is 0.497 e. The number of carbonyl (C=O) groups is 2. The number of hydrogen-bond acceptors (Lipinski definition) is 5. The summed E-state index contributed by atoms with van der Waals surface area (Å²) in [6.45, 7) is 4.46. The summed E-state index contributed by atoms with van der Waals surface area (Å²) in [4.78, 5) is 24.9. The molecule has 1 aliphatic heterocycles. The van der Waals surface area contributed by atoms with Crippen LogP contribution >= 0.6 is 0 Å². The van der Waals surface area contributed by atoms with Crippen molar-refractivity contribution in [2.45, 2.75) is 44.3 Å². The minimum Gasteiger partial charge on any atom is -0.497 e. The Kier molecular flexibility index (Phi) is 6.94. The van der Waals surface area contributed by atoms with E-state index in [9.17, 15) is 14.7 Å². The van der Waals surface area contributed by atoms with E-state index in [1.54, 1.807) is 25.3 Å². The van der Waals surface area contributed by atoms with E-state index < -0.39 is 11.6 Å². The average molecular weight is 474 g/mol. The summed E-state index contributed by atoms with van der Waals surface area (Å²) in [6, 6.07) is 22.6. The number of hydrogen-bond donors (Lipinski definition) is 2. The molecule has 3 aromatic rings. The molecule has 0 radical (unpaired) electrons. The lowest BCUT2D eigenvalue weighted by atomic mass is 9.73. The number of benzene rings is 3. The number of ether oxygens (including phenoxy) is 2. The Balaban J connectivity index is 1.55. The lowest BCUT2D eigenvalue weighted by Gasteiger charge is -2.37. The number of cyclic esters (lactones) is 1. The van der Waals surface area contributed by atoms with E-state index in [-0.39, 0.29) is 24.5 Å². The molecule has 1 heterocycles. The summed E-state index contributed by atoms with van der Waals surface area (Å²) >= 11 is 0. The second-order valence-electron chi connectivity index (χ2n) is 9.81. The second kappa shape index (κ2) is 9.92. The van der Waals surface area contributed by atoms with Crippen molar-refractivity contribution in [2.24, 2.45) is 0 Å². The van der Waals surface area contributed by atoms with Gasteiger partial charge in [-0.1, -0.05) is 62.4 Å². The van der Waals surface area contributed by atoms with Gasteiger partial charge in [0, 0.05) is 24.1 Å². The smallest absolute Gasteiger partial charge is 0.338 e. The maximum atomic E-state index is 13.0. The predicted molar refractivity (Wildman–Crippen MR) is 134 cm³/mol. The fourth-order valence-electron chi connectivity index (χ4n) is 4.73. The number of fused-ring (bicyclic) bond motifs is 1. The first-order chi connectivity index (χ1) is 16.7. The first-order valence-corrected chi connectivity index (χ1v) is 11.7. The molecule has 0 fully saturated rings. The summed E-state index contributed by atoms with van der Waals surface area (Å²) in [6.07, 6.45) is 0.775. The Morgan fingerprint density at radius 1 is 1.06 bits per heavy atom. The van der Waals surface area contributed by atoms with Gasteiger partial charge in [0.2, 0.25) is 0 Å². The predicted octanol–water partition coefficient (Wildman–Crippen LogP) is 4.44. The Bertz CT molecular complexity index is 1200. The highest BCUT2D eigenvalue weighted by Crippen LogP contribution is 2.34. The molecule has 3 aromatic carbocycles. The van der Waals surface area contributed by atoms with Gasteiger partial charge in [0.05, 0.1) is 18.3 Å². The Hall–Kier alpha value is -3.64. The number of rotatable bonds is 9. The highest BCUT2D eigenvalue weighted by molar-refractivity contribution is 5.99. The molecule has 0 aliphatic carbocycles. The summed E-state index contributed by atoms with van der Waals surface area (Å²) in [5, 5.41) is 14.8. The summed E-state index contributed by atoms with van der Waals surface area (Å²) < 4.78 is 10.3. The molecule has 0 saturated heterocycles. The molecule has 1 aliphatic rings. The number of amides is 1. The molecule has 0 saturated carbocycles. The number of esters is 1. The fraction of sp³-hybridized carbons (Fsp3) is 0.310. The zero-order valence-corrected chi connectivity index (χ0v) is 20.3. The van der Waals surface area contributed by atoms with Crippen molar-refractivity contribution in [2.75, 3.05) is 13.7 Å². The highest BCUT2D eigenvalue weighted by atomic mass is 16.5. The third kappa shape index (κ3) is 5.72. The third-order valence-corrected chi connectivity index (χ3v) is 6.55. The Morgan fingerprint density at radius 3 is 2.46 bits per heavy atom. The van der Waals surface area contributed by atoms with Crippen molar-refractivity contribution in [3.05, 3.63) is 101 Å². The topological polar surface area (TPSA) is 84.9 Å². The van der Waals surface area contributed by atoms with Gasteiger partial charge in [0.1, 0.15) is 12.4 Å². The van der Waals surface area contributed by atoms with Crippen molar-refractivity contribution in [1.82, 2.24) is 5.32 Å². The average Bonchev–Trinajstić information content (AvgIpc) is 3.23. The third-order valence-electron chi connectivity index (χ3n) is 6.55. The molecular formula is C29H31NO5. The van der Waals surface area contributed by atoms with E-state index >= 15 is 0 Å². The molecular weight excluding hydrogens is 442 g/mol. The van der Waals surface area contributed by atoms with Gasteiger partial charge in [0.25, 0.3) is 5.91 Å². The molecule has 6 nitrogen and oxygen atoms in total. The van der Waals surface area contributed by atoms with Crippen molar-refractivity contribution >= 4 is 11.9 Å². The molecule has 1 amide bonds. The van der Waals surface area contributed by atoms with E-state index in [1.807, 2.05) is 42.5 Å². The molecule has 35 heavy (non-hydrogen) atoms. The maximum Gasteiger partial charge on any atom is 0.338 e. The number of aliphatic hydroxyl groups is 1. The van der Waals surface area contributed by atoms with Gasteiger partial charge in [-0.3, -0.25) is 4.79 Å². The molecule has 0 bridgehead atoms. The monoisotopic (exact) mass is 473 g/mol. The lowest BCUT2D eigenvalue weighted by molar-refractivity contribution is 0.0136. The van der Waals surface area contributed by atoms with Crippen LogP contribution in [0.4, 0.5) is 0 Å². The highest BCUT2D eigenvalue weighted by Gasteiger charge is 2.36. The molecule has 182 valence electrons. The normalized spacial score (nSPS) is 14.6. The minimum atomic E-state index is -1.22. The first kappa shape index (κ1) is 24.5. The summed E-state index contributed by atoms with van der Waals surface area (Å²) in [7, 11) is 1.61. The minimum absolute atomic E-state index is 0.0512. The van der Waals surface area contributed by atoms with Gasteiger partial charge in [0.15, 0.2) is 0 Å². The van der Waals surface area contributed by atoms with Crippen LogP contribution in [0.2, 0.25) is 0 Å². The Labute approximate surface area is 205 Å². The van der Waals surface area contributed by atoms with Crippen LogP contribution < -0.4 is 10.1 Å². The van der Waals surface area contributed by atoms with Crippen LogP contribution in [-0.4, -0.2) is 36.2 Å². The van der Waals surface area contributed by atoms with Gasteiger partial charge < -0.3 is 19.9 Å². The molecule has 0 spiro atoms. The van der Waals surface area contributed by atoms with E-state index in [1.165, 1.54) is 0 Å². The number of nitrogens with one attached hydrogen (secondary N) is 1. The van der Waals surface area contributed by atoms with Crippen LogP contribution in [0.15, 0.2) is 72.8 Å². The molecule has 6 heteroatoms. The van der Waals surface area contributed by atoms with Gasteiger partial charge >= 0.3 is 5.97 Å². The van der Waals surface area contributed by atoms with Crippen LogP contribution in [0, 0.1) is 0 Å². The first-order valence-electron chi connectivity index (χ1n) is 11.7. The molecule has 1 atom stereocenters. The van der Waals surface area contributed by atoms with E-state index in [0.29, 0.717) is 24.0 Å². The molecule has 4 rings (SSSR count). The van der Waals surface area contributed by atoms with Gasteiger partial charge in [-0.05, 0) is 47.2 Å². The zero-order chi connectivity index (χ0) is 25.1.